The molecule has 1 saturated carbocycles. The molecule has 1 aliphatic carbocycles. The third-order valence-corrected chi connectivity index (χ3v) is 8.51. The van der Waals surface area contributed by atoms with E-state index in [4.69, 9.17) is 5.73 Å². The highest BCUT2D eigenvalue weighted by molar-refractivity contribution is 7.99. The zero-order valence-corrected chi connectivity index (χ0v) is 26.9. The van der Waals surface area contributed by atoms with E-state index in [0.29, 0.717) is 25.1 Å². The number of benzene rings is 1. The number of nitrogens with two attached hydrogens (primary N) is 1. The van der Waals surface area contributed by atoms with Gasteiger partial charge in [0.15, 0.2) is 0 Å². The molecule has 0 bridgehead atoms. The van der Waals surface area contributed by atoms with E-state index >= 15 is 0 Å². The zero-order chi connectivity index (χ0) is 31.6. The molecular formula is C31H49N5O5S. The fourth-order valence-electron chi connectivity index (χ4n) is 4.32. The van der Waals surface area contributed by atoms with Crippen LogP contribution in [0, 0.1) is 17.3 Å². The molecule has 0 spiro atoms. The van der Waals surface area contributed by atoms with Crippen molar-refractivity contribution in [1.82, 2.24) is 20.9 Å². The molecule has 42 heavy (non-hydrogen) atoms. The van der Waals surface area contributed by atoms with Crippen LogP contribution < -0.4 is 21.7 Å². The normalized spacial score (nSPS) is 18.7. The zero-order valence-electron chi connectivity index (χ0n) is 26.1. The van der Waals surface area contributed by atoms with E-state index in [2.05, 4.69) is 22.9 Å². The lowest BCUT2D eigenvalue weighted by molar-refractivity contribution is -0.143. The standard InChI is InChI=1S/C27H41N5O5S.C4H8/c1-16(2)19(15-38-18-11-8-7-9-12-18)30-26(37)31-22(27(4,5)6)25(36)32-14-10-13-20(32)24(35)29-17(3)21(33)23(28)34;1-4-2-3-4/h7-9,11-12,16-17,19-20,22H,10,13-15H2,1-6H3,(H2,28,34)(H,29,35)(H2,30,31,37);4H,2-3H2,1H3. The van der Waals surface area contributed by atoms with Crippen LogP contribution in [-0.2, 0) is 19.2 Å². The maximum atomic E-state index is 13.7. The van der Waals surface area contributed by atoms with Gasteiger partial charge in [0.25, 0.3) is 5.91 Å². The number of nitrogens with zero attached hydrogens (tertiary/aromatic N) is 1. The minimum Gasteiger partial charge on any atom is -0.363 e. The predicted octanol–water partition coefficient (Wildman–Crippen LogP) is 3.48. The Balaban J connectivity index is 0.00000141. The molecule has 234 valence electrons. The van der Waals surface area contributed by atoms with Gasteiger partial charge in [0.05, 0.1) is 6.04 Å². The Bertz CT molecular complexity index is 1090. The van der Waals surface area contributed by atoms with Gasteiger partial charge in [-0.05, 0) is 49.1 Å². The molecule has 4 atom stereocenters. The first-order valence-electron chi connectivity index (χ1n) is 14.8. The molecule has 2 fully saturated rings. The predicted molar refractivity (Wildman–Crippen MR) is 166 cm³/mol. The van der Waals surface area contributed by atoms with Crippen LogP contribution in [0.1, 0.15) is 74.1 Å². The van der Waals surface area contributed by atoms with Crippen LogP contribution in [0.4, 0.5) is 4.79 Å². The molecular weight excluding hydrogens is 554 g/mol. The quantitative estimate of drug-likeness (QED) is 0.225. The average molecular weight is 604 g/mol. The Morgan fingerprint density at radius 3 is 2.07 bits per heavy atom. The first-order valence-corrected chi connectivity index (χ1v) is 15.8. The van der Waals surface area contributed by atoms with Crippen molar-refractivity contribution < 1.29 is 24.0 Å². The van der Waals surface area contributed by atoms with Crippen LogP contribution in [0.3, 0.4) is 0 Å². The highest BCUT2D eigenvalue weighted by Gasteiger charge is 2.42. The Morgan fingerprint density at radius 1 is 0.976 bits per heavy atom. The molecule has 1 saturated heterocycles. The van der Waals surface area contributed by atoms with Crippen molar-refractivity contribution in [3.05, 3.63) is 30.3 Å². The summed E-state index contributed by atoms with van der Waals surface area (Å²) in [4.78, 5) is 65.1. The van der Waals surface area contributed by atoms with Gasteiger partial charge < -0.3 is 26.6 Å². The van der Waals surface area contributed by atoms with Gasteiger partial charge in [-0.2, -0.15) is 0 Å². The van der Waals surface area contributed by atoms with Crippen LogP contribution in [0.5, 0.6) is 0 Å². The van der Waals surface area contributed by atoms with Crippen molar-refractivity contribution in [2.75, 3.05) is 12.3 Å². The summed E-state index contributed by atoms with van der Waals surface area (Å²) < 4.78 is 0. The van der Waals surface area contributed by atoms with Gasteiger partial charge in [-0.3, -0.25) is 19.2 Å². The number of ketones is 1. The van der Waals surface area contributed by atoms with Gasteiger partial charge in [0.1, 0.15) is 12.1 Å². The van der Waals surface area contributed by atoms with Crippen molar-refractivity contribution in [1.29, 1.82) is 0 Å². The van der Waals surface area contributed by atoms with E-state index < -0.39 is 47.2 Å². The average Bonchev–Trinajstić information content (AvgIpc) is 3.54. The third kappa shape index (κ3) is 11.3. The Kier molecular flexibility index (Phi) is 13.3. The summed E-state index contributed by atoms with van der Waals surface area (Å²) in [6.07, 6.45) is 3.97. The second kappa shape index (κ2) is 16.0. The van der Waals surface area contributed by atoms with Crippen molar-refractivity contribution in [2.45, 2.75) is 103 Å². The molecule has 10 nitrogen and oxygen atoms in total. The van der Waals surface area contributed by atoms with Crippen LogP contribution >= 0.6 is 11.8 Å². The number of urea groups is 1. The molecule has 0 radical (unpaired) electrons. The maximum Gasteiger partial charge on any atom is 0.315 e. The molecule has 3 rings (SSSR count). The fourth-order valence-corrected chi connectivity index (χ4v) is 5.51. The molecule has 1 aromatic carbocycles. The summed E-state index contributed by atoms with van der Waals surface area (Å²) in [5.41, 5.74) is 4.39. The maximum absolute atomic E-state index is 13.7. The lowest BCUT2D eigenvalue weighted by Crippen LogP contribution is -2.60. The van der Waals surface area contributed by atoms with Gasteiger partial charge in [-0.15, -0.1) is 11.8 Å². The van der Waals surface area contributed by atoms with E-state index in [0.717, 1.165) is 10.8 Å². The number of thioether (sulfide) groups is 1. The van der Waals surface area contributed by atoms with E-state index in [1.54, 1.807) is 11.8 Å². The van der Waals surface area contributed by atoms with E-state index in [9.17, 15) is 24.0 Å². The lowest BCUT2D eigenvalue weighted by Gasteiger charge is -2.36. The summed E-state index contributed by atoms with van der Waals surface area (Å²) in [5.74, 6) is -1.04. The van der Waals surface area contributed by atoms with Crippen molar-refractivity contribution in [3.63, 3.8) is 0 Å². The van der Waals surface area contributed by atoms with Crippen molar-refractivity contribution >= 4 is 41.3 Å². The van der Waals surface area contributed by atoms with E-state index in [-0.39, 0.29) is 17.9 Å². The second-order valence-corrected chi connectivity index (χ2v) is 13.8. The molecule has 1 heterocycles. The highest BCUT2D eigenvalue weighted by Crippen LogP contribution is 2.27. The Morgan fingerprint density at radius 2 is 1.57 bits per heavy atom. The number of carbonyl (C=O) groups excluding carboxylic acids is 5. The van der Waals surface area contributed by atoms with Crippen molar-refractivity contribution in [2.24, 2.45) is 23.0 Å². The molecule has 0 aromatic heterocycles. The number of likely N-dealkylation sites (tertiary alicyclic amines) is 1. The second-order valence-electron chi connectivity index (χ2n) is 12.7. The van der Waals surface area contributed by atoms with Gasteiger partial charge in [0.2, 0.25) is 17.6 Å². The molecule has 11 heteroatoms. The van der Waals surface area contributed by atoms with Crippen LogP contribution in [0.25, 0.3) is 0 Å². The number of nitrogens with one attached hydrogen (secondary N) is 3. The number of carbonyl (C=O) groups is 5. The number of rotatable bonds is 11. The molecule has 2 aliphatic rings. The fraction of sp³-hybridized carbons (Fsp3) is 0.645. The number of hydrogen-bond acceptors (Lipinski definition) is 6. The lowest BCUT2D eigenvalue weighted by atomic mass is 9.85. The molecule has 1 aliphatic heterocycles. The smallest absolute Gasteiger partial charge is 0.315 e. The highest BCUT2D eigenvalue weighted by atomic mass is 32.2. The summed E-state index contributed by atoms with van der Waals surface area (Å²) in [6.45, 7) is 13.6. The topological polar surface area (TPSA) is 151 Å². The number of amides is 5. The van der Waals surface area contributed by atoms with E-state index in [1.165, 1.54) is 24.7 Å². The van der Waals surface area contributed by atoms with Gasteiger partial charge in [-0.25, -0.2) is 4.79 Å². The minimum absolute atomic E-state index is 0.134. The SMILES string of the molecule is CC(NC(=O)C1CCCN1C(=O)C(NC(=O)NC(CSc1ccccc1)C(C)C)C(C)(C)C)C(=O)C(N)=O.CC1CC1. The van der Waals surface area contributed by atoms with Gasteiger partial charge >= 0.3 is 6.03 Å². The van der Waals surface area contributed by atoms with Crippen LogP contribution in [-0.4, -0.2) is 70.9 Å². The third-order valence-electron chi connectivity index (χ3n) is 7.38. The van der Waals surface area contributed by atoms with Crippen LogP contribution in [0.2, 0.25) is 0 Å². The monoisotopic (exact) mass is 603 g/mol. The minimum atomic E-state index is -1.14. The van der Waals surface area contributed by atoms with E-state index in [1.807, 2.05) is 65.0 Å². The number of primary amides is 1. The number of Topliss-reactive ketones (excluding diaryl/α,β-unsaturated/α-hetero) is 1. The summed E-state index contributed by atoms with van der Waals surface area (Å²) in [6, 6.07) is 6.53. The van der Waals surface area contributed by atoms with Gasteiger partial charge in [0, 0.05) is 23.2 Å². The first-order chi connectivity index (χ1) is 19.6. The molecule has 1 aromatic rings. The first kappa shape index (κ1) is 35.1. The Labute approximate surface area is 254 Å². The summed E-state index contributed by atoms with van der Waals surface area (Å²) in [7, 11) is 0. The van der Waals surface area contributed by atoms with Gasteiger partial charge in [-0.1, -0.05) is 72.6 Å². The largest absolute Gasteiger partial charge is 0.363 e. The van der Waals surface area contributed by atoms with Crippen molar-refractivity contribution in [3.8, 4) is 0 Å². The molecule has 5 N–H and O–H groups in total. The summed E-state index contributed by atoms with van der Waals surface area (Å²) >= 11 is 1.65. The van der Waals surface area contributed by atoms with Crippen LogP contribution in [0.15, 0.2) is 35.2 Å². The molecule has 5 amide bonds. The summed E-state index contributed by atoms with van der Waals surface area (Å²) in [5, 5.41) is 8.36. The Hall–Kier alpha value is -3.08. The number of hydrogen-bond donors (Lipinski definition) is 4. The molecule has 4 unspecified atom stereocenters.